The predicted octanol–water partition coefficient (Wildman–Crippen LogP) is 2.93. The first-order chi connectivity index (χ1) is 13.9. The molecular formula is C18H18N6O4S. The highest BCUT2D eigenvalue weighted by atomic mass is 32.2. The number of nitrogens with zero attached hydrogens (tertiary/aromatic N) is 5. The minimum Gasteiger partial charge on any atom is -0.494 e. The van der Waals surface area contributed by atoms with Gasteiger partial charge in [0, 0.05) is 6.07 Å². The van der Waals surface area contributed by atoms with Gasteiger partial charge in [-0.1, -0.05) is 30.0 Å². The molecule has 0 aliphatic rings. The molecule has 0 bridgehead atoms. The molecule has 1 aromatic heterocycles. The number of hydrogen-bond donors (Lipinski definition) is 1. The molecule has 0 radical (unpaired) electrons. The molecule has 3 rings (SSSR count). The first kappa shape index (κ1) is 20.3. The third-order valence-corrected chi connectivity index (χ3v) is 5.01. The maximum Gasteiger partial charge on any atom is 0.273 e. The van der Waals surface area contributed by atoms with Crippen molar-refractivity contribution in [3.63, 3.8) is 0 Å². The van der Waals surface area contributed by atoms with E-state index in [1.54, 1.807) is 4.68 Å². The van der Waals surface area contributed by atoms with E-state index in [-0.39, 0.29) is 23.1 Å². The number of nitrogens with one attached hydrogen (secondary N) is 1. The molecule has 1 heterocycles. The summed E-state index contributed by atoms with van der Waals surface area (Å²) in [7, 11) is 1.38. The Hall–Kier alpha value is -3.47. The lowest BCUT2D eigenvalue weighted by atomic mass is 10.1. The number of non-ortho nitro benzene ring substituents is 1. The molecule has 3 aromatic rings. The Kier molecular flexibility index (Phi) is 6.07. The smallest absolute Gasteiger partial charge is 0.273 e. The number of carbonyl (C=O) groups excluding carboxylic acids is 1. The number of anilines is 1. The van der Waals surface area contributed by atoms with Crippen LogP contribution in [0.15, 0.2) is 41.6 Å². The number of carbonyl (C=O) groups is 1. The number of thioether (sulfide) groups is 1. The number of nitro benzene ring substituents is 1. The molecule has 0 aliphatic heterocycles. The van der Waals surface area contributed by atoms with Gasteiger partial charge in [-0.05, 0) is 41.5 Å². The van der Waals surface area contributed by atoms with Gasteiger partial charge < -0.3 is 10.1 Å². The zero-order valence-corrected chi connectivity index (χ0v) is 16.8. The van der Waals surface area contributed by atoms with E-state index in [0.717, 1.165) is 16.8 Å². The van der Waals surface area contributed by atoms with Crippen molar-refractivity contribution in [3.05, 3.63) is 57.6 Å². The molecule has 0 saturated heterocycles. The molecule has 2 aromatic carbocycles. The number of rotatable bonds is 7. The third kappa shape index (κ3) is 4.51. The van der Waals surface area contributed by atoms with Crippen LogP contribution in [0.3, 0.4) is 0 Å². The van der Waals surface area contributed by atoms with Crippen molar-refractivity contribution in [2.24, 2.45) is 0 Å². The van der Waals surface area contributed by atoms with Gasteiger partial charge in [0.15, 0.2) is 0 Å². The normalized spacial score (nSPS) is 10.6. The second-order valence-corrected chi connectivity index (χ2v) is 7.03. The second-order valence-electron chi connectivity index (χ2n) is 6.09. The zero-order chi connectivity index (χ0) is 21.0. The molecule has 0 fully saturated rings. The number of aryl methyl sites for hydroxylation is 2. The van der Waals surface area contributed by atoms with Gasteiger partial charge in [-0.25, -0.2) is 0 Å². The molecule has 150 valence electrons. The Morgan fingerprint density at radius 2 is 2.00 bits per heavy atom. The fourth-order valence-corrected chi connectivity index (χ4v) is 3.44. The van der Waals surface area contributed by atoms with Crippen LogP contribution in [-0.4, -0.2) is 43.9 Å². The molecule has 10 nitrogen and oxygen atoms in total. The van der Waals surface area contributed by atoms with Crippen molar-refractivity contribution < 1.29 is 14.5 Å². The van der Waals surface area contributed by atoms with Crippen LogP contribution in [0.2, 0.25) is 0 Å². The summed E-state index contributed by atoms with van der Waals surface area (Å²) >= 11 is 1.18. The highest BCUT2D eigenvalue weighted by Crippen LogP contribution is 2.29. The minimum atomic E-state index is -0.530. The Balaban J connectivity index is 1.72. The van der Waals surface area contributed by atoms with Gasteiger partial charge >= 0.3 is 0 Å². The van der Waals surface area contributed by atoms with Crippen LogP contribution in [0.1, 0.15) is 11.1 Å². The van der Waals surface area contributed by atoms with E-state index in [2.05, 4.69) is 20.8 Å². The van der Waals surface area contributed by atoms with Crippen LogP contribution in [-0.2, 0) is 4.79 Å². The van der Waals surface area contributed by atoms with Crippen molar-refractivity contribution >= 4 is 29.0 Å². The number of hydrogen-bond acceptors (Lipinski definition) is 8. The van der Waals surface area contributed by atoms with E-state index < -0.39 is 4.92 Å². The quantitative estimate of drug-likeness (QED) is 0.355. The summed E-state index contributed by atoms with van der Waals surface area (Å²) in [5.41, 5.74) is 3.12. The predicted molar refractivity (Wildman–Crippen MR) is 108 cm³/mol. The Bertz CT molecular complexity index is 1050. The van der Waals surface area contributed by atoms with Gasteiger partial charge in [0.2, 0.25) is 11.1 Å². The van der Waals surface area contributed by atoms with Crippen LogP contribution < -0.4 is 10.1 Å². The van der Waals surface area contributed by atoms with Crippen molar-refractivity contribution in [2.75, 3.05) is 18.2 Å². The number of ether oxygens (including phenoxy) is 1. The maximum absolute atomic E-state index is 12.4. The van der Waals surface area contributed by atoms with Crippen molar-refractivity contribution in [1.82, 2.24) is 20.2 Å². The molecule has 1 amide bonds. The SMILES string of the molecule is COc1cc([N+](=O)[O-])ccc1NC(=O)CSc1nnnn1-c1c(C)cccc1C. The van der Waals surface area contributed by atoms with E-state index in [1.165, 1.54) is 37.1 Å². The van der Waals surface area contributed by atoms with Crippen molar-refractivity contribution in [1.29, 1.82) is 0 Å². The van der Waals surface area contributed by atoms with Crippen LogP contribution in [0.25, 0.3) is 5.69 Å². The van der Waals surface area contributed by atoms with E-state index in [4.69, 9.17) is 4.74 Å². The van der Waals surface area contributed by atoms with Gasteiger partial charge in [-0.3, -0.25) is 14.9 Å². The minimum absolute atomic E-state index is 0.0471. The van der Waals surface area contributed by atoms with E-state index in [1.807, 2.05) is 32.0 Å². The first-order valence-electron chi connectivity index (χ1n) is 8.50. The monoisotopic (exact) mass is 414 g/mol. The highest BCUT2D eigenvalue weighted by Gasteiger charge is 2.17. The van der Waals surface area contributed by atoms with Gasteiger partial charge in [-0.15, -0.1) is 5.10 Å². The summed E-state index contributed by atoms with van der Waals surface area (Å²) in [6, 6.07) is 9.87. The number of nitro groups is 1. The maximum atomic E-state index is 12.4. The molecule has 0 saturated carbocycles. The summed E-state index contributed by atoms with van der Waals surface area (Å²) in [6.45, 7) is 3.93. The number of benzene rings is 2. The van der Waals surface area contributed by atoms with Crippen molar-refractivity contribution in [3.8, 4) is 11.4 Å². The van der Waals surface area contributed by atoms with E-state index >= 15 is 0 Å². The van der Waals surface area contributed by atoms with Gasteiger partial charge in [-0.2, -0.15) is 4.68 Å². The lowest BCUT2D eigenvalue weighted by Crippen LogP contribution is -2.15. The summed E-state index contributed by atoms with van der Waals surface area (Å²) in [4.78, 5) is 22.7. The number of tetrazole rings is 1. The summed E-state index contributed by atoms with van der Waals surface area (Å²) < 4.78 is 6.73. The fraction of sp³-hybridized carbons (Fsp3) is 0.222. The molecule has 0 atom stereocenters. The van der Waals surface area contributed by atoms with Crippen LogP contribution in [0.4, 0.5) is 11.4 Å². The standard InChI is InChI=1S/C18H18N6O4S/c1-11-5-4-6-12(2)17(11)23-18(20-21-22-23)29-10-16(25)19-14-8-7-13(24(26)27)9-15(14)28-3/h4-9H,10H2,1-3H3,(H,19,25). The topological polar surface area (TPSA) is 125 Å². The molecule has 11 heteroatoms. The third-order valence-electron chi connectivity index (χ3n) is 4.09. The van der Waals surface area contributed by atoms with Gasteiger partial charge in [0.05, 0.1) is 35.2 Å². The van der Waals surface area contributed by atoms with Gasteiger partial charge in [0.25, 0.3) is 5.69 Å². The largest absolute Gasteiger partial charge is 0.494 e. The van der Waals surface area contributed by atoms with E-state index in [0.29, 0.717) is 10.8 Å². The summed E-state index contributed by atoms with van der Waals surface area (Å²) in [5, 5.41) is 25.8. The molecule has 0 spiro atoms. The van der Waals surface area contributed by atoms with Crippen molar-refractivity contribution in [2.45, 2.75) is 19.0 Å². The lowest BCUT2D eigenvalue weighted by molar-refractivity contribution is -0.384. The fourth-order valence-electron chi connectivity index (χ4n) is 2.76. The first-order valence-corrected chi connectivity index (χ1v) is 9.49. The van der Waals surface area contributed by atoms with E-state index in [9.17, 15) is 14.9 Å². The molecule has 0 aliphatic carbocycles. The lowest BCUT2D eigenvalue weighted by Gasteiger charge is -2.11. The molecular weight excluding hydrogens is 396 g/mol. The molecule has 0 unspecified atom stereocenters. The highest BCUT2D eigenvalue weighted by molar-refractivity contribution is 7.99. The second kappa shape index (κ2) is 8.69. The number of amides is 1. The van der Waals surface area contributed by atoms with Crippen LogP contribution in [0, 0.1) is 24.0 Å². The number of aromatic nitrogens is 4. The van der Waals surface area contributed by atoms with Crippen LogP contribution >= 0.6 is 11.8 Å². The van der Waals surface area contributed by atoms with Crippen LogP contribution in [0.5, 0.6) is 5.75 Å². The summed E-state index contributed by atoms with van der Waals surface area (Å²) in [5.74, 6) is -0.0676. The Morgan fingerprint density at radius 3 is 2.66 bits per heavy atom. The number of para-hydroxylation sites is 1. The molecule has 1 N–H and O–H groups in total. The average Bonchev–Trinajstić information content (AvgIpc) is 3.14. The number of methoxy groups -OCH3 is 1. The average molecular weight is 414 g/mol. The van der Waals surface area contributed by atoms with Gasteiger partial charge in [0.1, 0.15) is 5.75 Å². The summed E-state index contributed by atoms with van der Waals surface area (Å²) in [6.07, 6.45) is 0. The Labute approximate surface area is 170 Å². The Morgan fingerprint density at radius 1 is 1.28 bits per heavy atom. The molecule has 29 heavy (non-hydrogen) atoms. The zero-order valence-electron chi connectivity index (χ0n) is 15.9.